The molecule has 2 aromatic heterocycles. The van der Waals surface area contributed by atoms with Gasteiger partial charge in [0.1, 0.15) is 29.0 Å². The van der Waals surface area contributed by atoms with Crippen molar-refractivity contribution in [2.24, 2.45) is 0 Å². The Hall–Kier alpha value is -2.67. The molecule has 0 amide bonds. The summed E-state index contributed by atoms with van der Waals surface area (Å²) in [6.07, 6.45) is 2.35. The van der Waals surface area contributed by atoms with E-state index in [1.54, 1.807) is 7.11 Å². The molecule has 7 heteroatoms. The fraction of sp³-hybridized carbons (Fsp3) is 0.353. The van der Waals surface area contributed by atoms with Crippen LogP contribution in [0.5, 0.6) is 5.75 Å². The molecule has 3 aromatic rings. The summed E-state index contributed by atoms with van der Waals surface area (Å²) >= 11 is 0. The highest BCUT2D eigenvalue weighted by Crippen LogP contribution is 2.36. The molecular formula is C17H20N4O3. The molecule has 0 fully saturated rings. The maximum absolute atomic E-state index is 5.42. The number of methoxy groups -OCH3 is 1. The molecule has 126 valence electrons. The lowest BCUT2D eigenvalue weighted by Gasteiger charge is -2.08. The number of hydrogen-bond donors (Lipinski definition) is 1. The van der Waals surface area contributed by atoms with E-state index in [2.05, 4.69) is 20.4 Å². The van der Waals surface area contributed by atoms with Crippen LogP contribution in [0.1, 0.15) is 13.3 Å². The van der Waals surface area contributed by atoms with Gasteiger partial charge in [0.05, 0.1) is 7.11 Å². The number of benzene rings is 1. The summed E-state index contributed by atoms with van der Waals surface area (Å²) in [6, 6.07) is 7.65. The predicted molar refractivity (Wildman–Crippen MR) is 91.2 cm³/mol. The van der Waals surface area contributed by atoms with Crippen LogP contribution in [0.25, 0.3) is 22.4 Å². The van der Waals surface area contributed by atoms with Gasteiger partial charge in [-0.05, 0) is 25.5 Å². The number of fused-ring (bicyclic) bond motifs is 1. The largest absolute Gasteiger partial charge is 0.496 e. The Morgan fingerprint density at radius 1 is 1.21 bits per heavy atom. The Balaban J connectivity index is 1.92. The first-order valence-electron chi connectivity index (χ1n) is 7.90. The average molecular weight is 328 g/mol. The minimum absolute atomic E-state index is 0.443. The van der Waals surface area contributed by atoms with Crippen molar-refractivity contribution in [3.05, 3.63) is 30.6 Å². The molecule has 2 heterocycles. The van der Waals surface area contributed by atoms with Gasteiger partial charge >= 0.3 is 0 Å². The second-order valence-electron chi connectivity index (χ2n) is 5.11. The van der Waals surface area contributed by atoms with Crippen molar-refractivity contribution < 1.29 is 14.0 Å². The lowest BCUT2D eigenvalue weighted by Crippen LogP contribution is -2.07. The highest BCUT2D eigenvalue weighted by Gasteiger charge is 2.19. The number of nitrogens with zero attached hydrogens (tertiary/aromatic N) is 3. The van der Waals surface area contributed by atoms with Crippen LogP contribution in [0.4, 0.5) is 5.82 Å². The lowest BCUT2D eigenvalue weighted by atomic mass is 10.1. The molecule has 1 N–H and O–H groups in total. The van der Waals surface area contributed by atoms with Crippen LogP contribution in [0.3, 0.4) is 0 Å². The molecule has 0 aliphatic rings. The molecule has 1 aromatic carbocycles. The summed E-state index contributed by atoms with van der Waals surface area (Å²) in [7, 11) is 1.63. The second kappa shape index (κ2) is 7.74. The van der Waals surface area contributed by atoms with E-state index in [1.807, 2.05) is 31.2 Å². The maximum atomic E-state index is 5.42. The van der Waals surface area contributed by atoms with E-state index in [9.17, 15) is 0 Å². The van der Waals surface area contributed by atoms with Crippen LogP contribution >= 0.6 is 0 Å². The van der Waals surface area contributed by atoms with Crippen molar-refractivity contribution in [1.29, 1.82) is 0 Å². The molecule has 0 unspecified atom stereocenters. The first-order valence-corrected chi connectivity index (χ1v) is 7.90. The van der Waals surface area contributed by atoms with E-state index in [0.29, 0.717) is 23.8 Å². The van der Waals surface area contributed by atoms with Crippen molar-refractivity contribution in [3.63, 3.8) is 0 Å². The van der Waals surface area contributed by atoms with Gasteiger partial charge in [-0.25, -0.2) is 4.98 Å². The van der Waals surface area contributed by atoms with Gasteiger partial charge in [-0.15, -0.1) is 0 Å². The van der Waals surface area contributed by atoms with E-state index in [-0.39, 0.29) is 0 Å². The minimum Gasteiger partial charge on any atom is -0.496 e. The topological polar surface area (TPSA) is 82.3 Å². The van der Waals surface area contributed by atoms with Crippen LogP contribution in [0.15, 0.2) is 35.1 Å². The minimum atomic E-state index is 0.443. The third-order valence-corrected chi connectivity index (χ3v) is 3.60. The normalized spacial score (nSPS) is 10.9. The van der Waals surface area contributed by atoms with Gasteiger partial charge in [-0.2, -0.15) is 4.98 Å². The molecule has 24 heavy (non-hydrogen) atoms. The molecule has 0 aliphatic heterocycles. The smallest absolute Gasteiger partial charge is 0.263 e. The Labute approximate surface area is 140 Å². The van der Waals surface area contributed by atoms with E-state index >= 15 is 0 Å². The van der Waals surface area contributed by atoms with Gasteiger partial charge < -0.3 is 19.3 Å². The molecule has 0 atom stereocenters. The first-order chi connectivity index (χ1) is 11.8. The average Bonchev–Trinajstić information content (AvgIpc) is 3.06. The molecule has 0 spiro atoms. The van der Waals surface area contributed by atoms with Crippen molar-refractivity contribution in [2.75, 3.05) is 32.2 Å². The van der Waals surface area contributed by atoms with Crippen molar-refractivity contribution in [3.8, 4) is 17.0 Å². The molecule has 7 nitrogen and oxygen atoms in total. The second-order valence-corrected chi connectivity index (χ2v) is 5.11. The quantitative estimate of drug-likeness (QED) is 0.636. The third-order valence-electron chi connectivity index (χ3n) is 3.60. The van der Waals surface area contributed by atoms with E-state index < -0.39 is 0 Å². The van der Waals surface area contributed by atoms with Gasteiger partial charge in [-0.3, -0.25) is 0 Å². The summed E-state index contributed by atoms with van der Waals surface area (Å²) in [5.74, 6) is 1.41. The Morgan fingerprint density at radius 2 is 2.08 bits per heavy atom. The van der Waals surface area contributed by atoms with Crippen LogP contribution in [-0.2, 0) is 4.74 Å². The zero-order valence-corrected chi connectivity index (χ0v) is 13.8. The number of aromatic nitrogens is 3. The Bertz CT molecular complexity index is 803. The number of nitrogens with one attached hydrogen (secondary N) is 1. The number of ether oxygens (including phenoxy) is 2. The van der Waals surface area contributed by atoms with Crippen molar-refractivity contribution in [1.82, 2.24) is 15.1 Å². The van der Waals surface area contributed by atoms with E-state index in [0.717, 1.165) is 36.3 Å². The molecule has 0 bridgehead atoms. The summed E-state index contributed by atoms with van der Waals surface area (Å²) in [5.41, 5.74) is 1.94. The van der Waals surface area contributed by atoms with Gasteiger partial charge in [0.15, 0.2) is 0 Å². The number of para-hydroxylation sites is 1. The Morgan fingerprint density at radius 3 is 2.92 bits per heavy atom. The molecule has 3 rings (SSSR count). The van der Waals surface area contributed by atoms with Crippen LogP contribution < -0.4 is 10.1 Å². The highest BCUT2D eigenvalue weighted by molar-refractivity contribution is 5.98. The van der Waals surface area contributed by atoms with Gasteiger partial charge in [0.25, 0.3) is 5.71 Å². The van der Waals surface area contributed by atoms with Crippen molar-refractivity contribution >= 4 is 16.9 Å². The molecular weight excluding hydrogens is 308 g/mol. The molecule has 0 radical (unpaired) electrons. The predicted octanol–water partition coefficient (Wildman–Crippen LogP) is 3.13. The fourth-order valence-corrected chi connectivity index (χ4v) is 2.47. The van der Waals surface area contributed by atoms with Gasteiger partial charge in [-0.1, -0.05) is 17.3 Å². The summed E-state index contributed by atoms with van der Waals surface area (Å²) in [6.45, 7) is 4.16. The summed E-state index contributed by atoms with van der Waals surface area (Å²) in [4.78, 5) is 8.49. The highest BCUT2D eigenvalue weighted by atomic mass is 16.5. The number of hydrogen-bond acceptors (Lipinski definition) is 7. The van der Waals surface area contributed by atoms with Crippen LogP contribution in [0.2, 0.25) is 0 Å². The Kier molecular flexibility index (Phi) is 5.22. The molecule has 0 saturated heterocycles. The number of rotatable bonds is 8. The SMILES string of the molecule is CCOCCCNc1ncnc2onc(-c3ccccc3OC)c12. The summed E-state index contributed by atoms with van der Waals surface area (Å²) < 4.78 is 16.1. The summed E-state index contributed by atoms with van der Waals surface area (Å²) in [5, 5.41) is 8.23. The fourth-order valence-electron chi connectivity index (χ4n) is 2.47. The zero-order chi connectivity index (χ0) is 16.8. The standard InChI is InChI=1S/C17H20N4O3/c1-3-23-10-6-9-18-16-14-15(21-24-17(14)20-11-19-16)12-7-4-5-8-13(12)22-2/h4-5,7-8,11H,3,6,9-10H2,1-2H3,(H,18,19,20). The van der Waals surface area contributed by atoms with E-state index in [1.165, 1.54) is 6.33 Å². The van der Waals surface area contributed by atoms with Crippen molar-refractivity contribution in [2.45, 2.75) is 13.3 Å². The third kappa shape index (κ3) is 3.30. The zero-order valence-electron chi connectivity index (χ0n) is 13.8. The van der Waals surface area contributed by atoms with Crippen LogP contribution in [-0.4, -0.2) is 42.0 Å². The van der Waals surface area contributed by atoms with Gasteiger partial charge in [0.2, 0.25) is 0 Å². The lowest BCUT2D eigenvalue weighted by molar-refractivity contribution is 0.147. The molecule has 0 saturated carbocycles. The maximum Gasteiger partial charge on any atom is 0.263 e. The number of anilines is 1. The monoisotopic (exact) mass is 328 g/mol. The van der Waals surface area contributed by atoms with E-state index in [4.69, 9.17) is 14.0 Å². The van der Waals surface area contributed by atoms with Crippen LogP contribution in [0, 0.1) is 0 Å². The molecule has 0 aliphatic carbocycles. The first kappa shape index (κ1) is 16.2. The van der Waals surface area contributed by atoms with Gasteiger partial charge in [0, 0.05) is 25.3 Å².